The molecule has 1 aromatic rings. The van der Waals surface area contributed by atoms with E-state index >= 15 is 0 Å². The molecule has 2 amide bonds. The Bertz CT molecular complexity index is 297. The number of ether oxygens (including phenoxy) is 1. The molecule has 0 fully saturated rings. The fourth-order valence-corrected chi connectivity index (χ4v) is 0.911. The molecule has 0 aromatic carbocycles. The predicted octanol–water partition coefficient (Wildman–Crippen LogP) is 1.23. The first kappa shape index (κ1) is 10.3. The summed E-state index contributed by atoms with van der Waals surface area (Å²) >= 11 is 0. The molecule has 1 heterocycles. The number of amides is 2. The highest BCUT2D eigenvalue weighted by molar-refractivity contribution is 5.88. The summed E-state index contributed by atoms with van der Waals surface area (Å²) in [6, 6.07) is 3.17. The second-order valence-corrected chi connectivity index (χ2v) is 2.57. The van der Waals surface area contributed by atoms with Crippen molar-refractivity contribution >= 4 is 11.7 Å². The summed E-state index contributed by atoms with van der Waals surface area (Å²) in [5.74, 6) is 0.520. The Morgan fingerprint density at radius 2 is 2.36 bits per heavy atom. The summed E-state index contributed by atoms with van der Waals surface area (Å²) in [6.45, 7) is 2.45. The van der Waals surface area contributed by atoms with E-state index < -0.39 is 0 Å². The molecule has 0 spiro atoms. The van der Waals surface area contributed by atoms with Gasteiger partial charge in [-0.3, -0.25) is 0 Å². The lowest BCUT2D eigenvalue weighted by Crippen LogP contribution is -2.28. The minimum absolute atomic E-state index is 0.237. The Morgan fingerprint density at radius 1 is 1.57 bits per heavy atom. The van der Waals surface area contributed by atoms with Crippen LogP contribution in [0.15, 0.2) is 18.3 Å². The van der Waals surface area contributed by atoms with Gasteiger partial charge in [0.2, 0.25) is 5.88 Å². The molecule has 2 N–H and O–H groups in total. The van der Waals surface area contributed by atoms with Crippen molar-refractivity contribution in [2.75, 3.05) is 19.0 Å². The van der Waals surface area contributed by atoms with E-state index in [1.807, 2.05) is 6.92 Å². The summed E-state index contributed by atoms with van der Waals surface area (Å²) in [4.78, 5) is 15.0. The van der Waals surface area contributed by atoms with E-state index in [1.165, 1.54) is 6.20 Å². The highest BCUT2D eigenvalue weighted by atomic mass is 16.5. The van der Waals surface area contributed by atoms with Crippen molar-refractivity contribution in [3.8, 4) is 5.88 Å². The molecule has 1 rings (SSSR count). The molecule has 0 atom stereocenters. The van der Waals surface area contributed by atoms with E-state index in [-0.39, 0.29) is 6.03 Å². The van der Waals surface area contributed by atoms with Gasteiger partial charge in [0.15, 0.2) is 0 Å². The van der Waals surface area contributed by atoms with Crippen molar-refractivity contribution in [1.82, 2.24) is 10.3 Å². The van der Waals surface area contributed by atoms with Crippen LogP contribution in [0.1, 0.15) is 6.92 Å². The zero-order valence-corrected chi connectivity index (χ0v) is 8.20. The molecule has 0 unspecified atom stereocenters. The third kappa shape index (κ3) is 2.93. The number of aromatic nitrogens is 1. The van der Waals surface area contributed by atoms with E-state index in [9.17, 15) is 4.79 Å². The molecule has 76 valence electrons. The van der Waals surface area contributed by atoms with Crippen LogP contribution >= 0.6 is 0 Å². The molecule has 0 saturated carbocycles. The normalized spacial score (nSPS) is 9.29. The lowest BCUT2D eigenvalue weighted by atomic mass is 10.4. The maximum atomic E-state index is 11.1. The van der Waals surface area contributed by atoms with Crippen LogP contribution < -0.4 is 15.4 Å². The minimum Gasteiger partial charge on any atom is -0.481 e. The second-order valence-electron chi connectivity index (χ2n) is 2.57. The van der Waals surface area contributed by atoms with Gasteiger partial charge in [-0.25, -0.2) is 9.78 Å². The number of nitrogens with zero attached hydrogens (tertiary/aromatic N) is 1. The number of methoxy groups -OCH3 is 1. The lowest BCUT2D eigenvalue weighted by molar-refractivity contribution is 0.252. The highest BCUT2D eigenvalue weighted by Gasteiger charge is 1.99. The molecule has 0 aliphatic carbocycles. The fraction of sp³-hybridized carbons (Fsp3) is 0.333. The maximum absolute atomic E-state index is 11.1. The maximum Gasteiger partial charge on any atom is 0.319 e. The van der Waals surface area contributed by atoms with Crippen molar-refractivity contribution < 1.29 is 9.53 Å². The monoisotopic (exact) mass is 195 g/mol. The van der Waals surface area contributed by atoms with Crippen LogP contribution in [0.3, 0.4) is 0 Å². The molecule has 14 heavy (non-hydrogen) atoms. The number of anilines is 1. The molecule has 5 heteroatoms. The van der Waals surface area contributed by atoms with Gasteiger partial charge in [0.1, 0.15) is 0 Å². The number of urea groups is 1. The Morgan fingerprint density at radius 3 is 2.86 bits per heavy atom. The summed E-state index contributed by atoms with van der Waals surface area (Å²) in [6.07, 6.45) is 1.54. The van der Waals surface area contributed by atoms with E-state index in [4.69, 9.17) is 4.74 Å². The third-order valence-electron chi connectivity index (χ3n) is 1.54. The van der Waals surface area contributed by atoms with Gasteiger partial charge >= 0.3 is 6.03 Å². The first-order chi connectivity index (χ1) is 6.76. The van der Waals surface area contributed by atoms with Crippen molar-refractivity contribution in [3.63, 3.8) is 0 Å². The van der Waals surface area contributed by atoms with Gasteiger partial charge in [-0.15, -0.1) is 0 Å². The molecule has 1 aromatic heterocycles. The lowest BCUT2D eigenvalue weighted by Gasteiger charge is -2.05. The van der Waals surface area contributed by atoms with Crippen LogP contribution in [0, 0.1) is 0 Å². The molecule has 0 radical (unpaired) electrons. The number of carbonyl (C=O) groups is 1. The van der Waals surface area contributed by atoms with Gasteiger partial charge in [-0.2, -0.15) is 0 Å². The Hall–Kier alpha value is -1.78. The molecule has 0 aliphatic rings. The number of hydrogen-bond acceptors (Lipinski definition) is 3. The summed E-state index contributed by atoms with van der Waals surface area (Å²) in [5.41, 5.74) is 0.636. The standard InChI is InChI=1S/C9H13N3O2/c1-3-10-9(13)12-7-4-5-8(14-2)11-6-7/h4-6H,3H2,1-2H3,(H2,10,12,13). The van der Waals surface area contributed by atoms with Crippen LogP contribution in [-0.4, -0.2) is 24.7 Å². The minimum atomic E-state index is -0.237. The molecule has 0 aliphatic heterocycles. The van der Waals surface area contributed by atoms with E-state index in [1.54, 1.807) is 19.2 Å². The molecule has 0 bridgehead atoms. The quantitative estimate of drug-likeness (QED) is 0.762. The van der Waals surface area contributed by atoms with E-state index in [0.717, 1.165) is 0 Å². The number of carbonyl (C=O) groups excluding carboxylic acids is 1. The Labute approximate surface area is 82.5 Å². The third-order valence-corrected chi connectivity index (χ3v) is 1.54. The van der Waals surface area contributed by atoms with Gasteiger partial charge in [-0.05, 0) is 13.0 Å². The summed E-state index contributed by atoms with van der Waals surface area (Å²) in [7, 11) is 1.54. The van der Waals surface area contributed by atoms with Crippen LogP contribution in [0.4, 0.5) is 10.5 Å². The van der Waals surface area contributed by atoms with Gasteiger partial charge in [0.05, 0.1) is 19.0 Å². The first-order valence-corrected chi connectivity index (χ1v) is 4.31. The average Bonchev–Trinajstić information content (AvgIpc) is 2.19. The zero-order valence-electron chi connectivity index (χ0n) is 8.20. The fourth-order valence-electron chi connectivity index (χ4n) is 0.911. The number of pyridine rings is 1. The van der Waals surface area contributed by atoms with Crippen LogP contribution in [0.5, 0.6) is 5.88 Å². The van der Waals surface area contributed by atoms with Crippen molar-refractivity contribution in [3.05, 3.63) is 18.3 Å². The summed E-state index contributed by atoms with van der Waals surface area (Å²) < 4.78 is 4.88. The van der Waals surface area contributed by atoms with Crippen LogP contribution in [-0.2, 0) is 0 Å². The largest absolute Gasteiger partial charge is 0.481 e. The Kier molecular flexibility index (Phi) is 3.72. The van der Waals surface area contributed by atoms with Crippen LogP contribution in [0.2, 0.25) is 0 Å². The highest BCUT2D eigenvalue weighted by Crippen LogP contribution is 2.10. The molecule has 5 nitrogen and oxygen atoms in total. The SMILES string of the molecule is CCNC(=O)Nc1ccc(OC)nc1. The molecular formula is C9H13N3O2. The van der Waals surface area contributed by atoms with Gasteiger partial charge in [0, 0.05) is 12.6 Å². The van der Waals surface area contributed by atoms with Gasteiger partial charge in [-0.1, -0.05) is 0 Å². The van der Waals surface area contributed by atoms with Crippen LogP contribution in [0.25, 0.3) is 0 Å². The molecule has 0 saturated heterocycles. The van der Waals surface area contributed by atoms with Gasteiger partial charge in [0.25, 0.3) is 0 Å². The predicted molar refractivity (Wildman–Crippen MR) is 53.5 cm³/mol. The summed E-state index contributed by atoms with van der Waals surface area (Å²) in [5, 5.41) is 5.24. The van der Waals surface area contributed by atoms with Gasteiger partial charge < -0.3 is 15.4 Å². The number of nitrogens with one attached hydrogen (secondary N) is 2. The van der Waals surface area contributed by atoms with Crippen molar-refractivity contribution in [1.29, 1.82) is 0 Å². The Balaban J connectivity index is 2.55. The number of hydrogen-bond donors (Lipinski definition) is 2. The smallest absolute Gasteiger partial charge is 0.319 e. The van der Waals surface area contributed by atoms with Crippen molar-refractivity contribution in [2.45, 2.75) is 6.92 Å². The number of rotatable bonds is 3. The topological polar surface area (TPSA) is 63.2 Å². The zero-order chi connectivity index (χ0) is 10.4. The second kappa shape index (κ2) is 5.06. The first-order valence-electron chi connectivity index (χ1n) is 4.31. The van der Waals surface area contributed by atoms with Crippen molar-refractivity contribution in [2.24, 2.45) is 0 Å². The van der Waals surface area contributed by atoms with E-state index in [0.29, 0.717) is 18.1 Å². The molecular weight excluding hydrogens is 182 g/mol. The van der Waals surface area contributed by atoms with E-state index in [2.05, 4.69) is 15.6 Å². The average molecular weight is 195 g/mol.